The smallest absolute Gasteiger partial charge is 0.125 e. The van der Waals surface area contributed by atoms with E-state index in [1.165, 1.54) is 44.3 Å². The van der Waals surface area contributed by atoms with Crippen molar-refractivity contribution >= 4 is 0 Å². The zero-order chi connectivity index (χ0) is 11.4. The highest BCUT2D eigenvalue weighted by atomic mass is 15.1. The lowest BCUT2D eigenvalue weighted by atomic mass is 9.84. The van der Waals surface area contributed by atoms with Crippen molar-refractivity contribution < 1.29 is 0 Å². The van der Waals surface area contributed by atoms with Crippen molar-refractivity contribution in [2.24, 2.45) is 13.0 Å². The molecule has 0 amide bonds. The number of hydrogen-bond donors (Lipinski definition) is 1. The van der Waals surface area contributed by atoms with Crippen LogP contribution in [0.15, 0.2) is 12.4 Å². The van der Waals surface area contributed by atoms with E-state index in [0.717, 1.165) is 5.92 Å². The summed E-state index contributed by atoms with van der Waals surface area (Å²) in [7, 11) is 4.12. The second kappa shape index (κ2) is 5.48. The predicted octanol–water partition coefficient (Wildman–Crippen LogP) is 2.65. The minimum atomic E-state index is 0.420. The maximum absolute atomic E-state index is 4.45. The van der Waals surface area contributed by atoms with Gasteiger partial charge in [0.2, 0.25) is 0 Å². The van der Waals surface area contributed by atoms with Crippen molar-refractivity contribution in [1.29, 1.82) is 0 Å². The average molecular weight is 221 g/mol. The molecule has 1 aliphatic carbocycles. The second-order valence-electron chi connectivity index (χ2n) is 4.98. The van der Waals surface area contributed by atoms with Gasteiger partial charge < -0.3 is 9.88 Å². The molecule has 0 aromatic carbocycles. The van der Waals surface area contributed by atoms with Gasteiger partial charge in [0.25, 0.3) is 0 Å². The van der Waals surface area contributed by atoms with Gasteiger partial charge >= 0.3 is 0 Å². The fourth-order valence-electron chi connectivity index (χ4n) is 2.82. The van der Waals surface area contributed by atoms with Crippen molar-refractivity contribution in [3.05, 3.63) is 18.2 Å². The molecule has 1 fully saturated rings. The number of nitrogens with zero attached hydrogens (tertiary/aromatic N) is 2. The van der Waals surface area contributed by atoms with Crippen molar-refractivity contribution in [1.82, 2.24) is 14.9 Å². The first kappa shape index (κ1) is 11.6. The van der Waals surface area contributed by atoms with Crippen LogP contribution in [0.5, 0.6) is 0 Å². The molecular formula is C13H23N3. The van der Waals surface area contributed by atoms with Crippen molar-refractivity contribution in [3.63, 3.8) is 0 Å². The Bertz CT molecular complexity index is 313. The van der Waals surface area contributed by atoms with Gasteiger partial charge in [-0.25, -0.2) is 4.98 Å². The van der Waals surface area contributed by atoms with Gasteiger partial charge in [0, 0.05) is 19.4 Å². The Labute approximate surface area is 98.3 Å². The van der Waals surface area contributed by atoms with E-state index in [0.29, 0.717) is 6.04 Å². The van der Waals surface area contributed by atoms with E-state index in [4.69, 9.17) is 0 Å². The first-order valence-corrected chi connectivity index (χ1v) is 6.45. The van der Waals surface area contributed by atoms with Crippen LogP contribution in [-0.2, 0) is 7.05 Å². The maximum atomic E-state index is 4.45. The number of aromatic nitrogens is 2. The summed E-state index contributed by atoms with van der Waals surface area (Å²) in [6.07, 6.45) is 12.2. The quantitative estimate of drug-likeness (QED) is 0.847. The molecule has 0 radical (unpaired) electrons. The molecule has 0 saturated heterocycles. The third-order valence-corrected chi connectivity index (χ3v) is 3.81. The summed E-state index contributed by atoms with van der Waals surface area (Å²) in [5.74, 6) is 2.07. The second-order valence-corrected chi connectivity index (χ2v) is 4.98. The van der Waals surface area contributed by atoms with Gasteiger partial charge in [-0.1, -0.05) is 32.1 Å². The lowest BCUT2D eigenvalue weighted by Gasteiger charge is -2.26. The van der Waals surface area contributed by atoms with Crippen LogP contribution in [0.25, 0.3) is 0 Å². The van der Waals surface area contributed by atoms with Gasteiger partial charge in [-0.3, -0.25) is 0 Å². The molecule has 0 aliphatic heterocycles. The van der Waals surface area contributed by atoms with E-state index in [2.05, 4.69) is 21.9 Å². The van der Waals surface area contributed by atoms with Crippen LogP contribution in [0.3, 0.4) is 0 Å². The van der Waals surface area contributed by atoms with Gasteiger partial charge in [0.15, 0.2) is 0 Å². The van der Waals surface area contributed by atoms with Crippen molar-refractivity contribution in [2.45, 2.75) is 44.6 Å². The van der Waals surface area contributed by atoms with Crippen molar-refractivity contribution in [3.8, 4) is 0 Å². The molecule has 1 saturated carbocycles. The van der Waals surface area contributed by atoms with Gasteiger partial charge in [0.05, 0.1) is 6.04 Å². The normalized spacial score (nSPS) is 19.9. The number of hydrogen-bond acceptors (Lipinski definition) is 2. The first-order chi connectivity index (χ1) is 7.81. The molecule has 3 heteroatoms. The average Bonchev–Trinajstić information content (AvgIpc) is 2.74. The van der Waals surface area contributed by atoms with E-state index < -0.39 is 0 Å². The molecular weight excluding hydrogens is 198 g/mol. The third-order valence-electron chi connectivity index (χ3n) is 3.81. The molecule has 1 aliphatic rings. The number of nitrogens with one attached hydrogen (secondary N) is 1. The summed E-state index contributed by atoms with van der Waals surface area (Å²) in [5, 5.41) is 3.41. The molecule has 1 aromatic heterocycles. The summed E-state index contributed by atoms with van der Waals surface area (Å²) in [4.78, 5) is 4.45. The Morgan fingerprint density at radius 2 is 2.19 bits per heavy atom. The van der Waals surface area contributed by atoms with E-state index in [1.807, 2.05) is 19.4 Å². The summed E-state index contributed by atoms with van der Waals surface area (Å²) < 4.78 is 2.13. The Morgan fingerprint density at radius 3 is 2.75 bits per heavy atom. The monoisotopic (exact) mass is 221 g/mol. The van der Waals surface area contributed by atoms with E-state index in [1.54, 1.807) is 0 Å². The molecule has 1 atom stereocenters. The summed E-state index contributed by atoms with van der Waals surface area (Å²) >= 11 is 0. The molecule has 90 valence electrons. The fourth-order valence-corrected chi connectivity index (χ4v) is 2.82. The molecule has 0 spiro atoms. The minimum Gasteiger partial charge on any atom is -0.337 e. The van der Waals surface area contributed by atoms with Crippen molar-refractivity contribution in [2.75, 3.05) is 7.05 Å². The van der Waals surface area contributed by atoms with E-state index in [9.17, 15) is 0 Å². The predicted molar refractivity (Wildman–Crippen MR) is 66.2 cm³/mol. The highest BCUT2D eigenvalue weighted by molar-refractivity contribution is 4.99. The minimum absolute atomic E-state index is 0.420. The van der Waals surface area contributed by atoms with Crippen LogP contribution >= 0.6 is 0 Å². The lowest BCUT2D eigenvalue weighted by Crippen LogP contribution is -2.23. The van der Waals surface area contributed by atoms with Crippen LogP contribution < -0.4 is 5.32 Å². The molecule has 3 nitrogen and oxygen atoms in total. The highest BCUT2D eigenvalue weighted by Gasteiger charge is 2.21. The van der Waals surface area contributed by atoms with Crippen LogP contribution in [0, 0.1) is 5.92 Å². The van der Waals surface area contributed by atoms with Crippen LogP contribution in [0.4, 0.5) is 0 Å². The Kier molecular flexibility index (Phi) is 3.99. The van der Waals surface area contributed by atoms with Gasteiger partial charge in [-0.15, -0.1) is 0 Å². The topological polar surface area (TPSA) is 29.9 Å². The van der Waals surface area contributed by atoms with Gasteiger partial charge in [-0.05, 0) is 19.4 Å². The van der Waals surface area contributed by atoms with Crippen LogP contribution in [0.2, 0.25) is 0 Å². The molecule has 1 heterocycles. The van der Waals surface area contributed by atoms with E-state index in [-0.39, 0.29) is 0 Å². The molecule has 1 N–H and O–H groups in total. The summed E-state index contributed by atoms with van der Waals surface area (Å²) in [6.45, 7) is 0. The number of imidazole rings is 1. The molecule has 1 unspecified atom stereocenters. The zero-order valence-electron chi connectivity index (χ0n) is 10.4. The molecule has 16 heavy (non-hydrogen) atoms. The number of rotatable bonds is 4. The largest absolute Gasteiger partial charge is 0.337 e. The molecule has 2 rings (SSSR count). The zero-order valence-corrected chi connectivity index (χ0v) is 10.4. The Hall–Kier alpha value is -0.830. The summed E-state index contributed by atoms with van der Waals surface area (Å²) in [6, 6.07) is 0.420. The van der Waals surface area contributed by atoms with Gasteiger partial charge in [0.1, 0.15) is 5.82 Å². The highest BCUT2D eigenvalue weighted by Crippen LogP contribution is 2.31. The third kappa shape index (κ3) is 2.64. The Balaban J connectivity index is 1.97. The lowest BCUT2D eigenvalue weighted by molar-refractivity contribution is 0.299. The SMILES string of the molecule is CNC(CC1CCCCC1)c1nccn1C. The Morgan fingerprint density at radius 1 is 1.44 bits per heavy atom. The van der Waals surface area contributed by atoms with Crippen LogP contribution in [0.1, 0.15) is 50.4 Å². The first-order valence-electron chi connectivity index (χ1n) is 6.45. The molecule has 0 bridgehead atoms. The van der Waals surface area contributed by atoms with Gasteiger partial charge in [-0.2, -0.15) is 0 Å². The van der Waals surface area contributed by atoms with E-state index >= 15 is 0 Å². The standard InChI is InChI=1S/C13H23N3/c1-14-12(13-15-8-9-16(13)2)10-11-6-4-3-5-7-11/h8-9,11-12,14H,3-7,10H2,1-2H3. The summed E-state index contributed by atoms with van der Waals surface area (Å²) in [5.41, 5.74) is 0. The number of aryl methyl sites for hydroxylation is 1. The van der Waals surface area contributed by atoms with Crippen LogP contribution in [-0.4, -0.2) is 16.6 Å². The molecule has 1 aromatic rings. The maximum Gasteiger partial charge on any atom is 0.125 e. The fraction of sp³-hybridized carbons (Fsp3) is 0.769.